The van der Waals surface area contributed by atoms with Gasteiger partial charge in [-0.3, -0.25) is 9.48 Å². The second kappa shape index (κ2) is 5.85. The van der Waals surface area contributed by atoms with E-state index in [1.54, 1.807) is 12.1 Å². The third-order valence-corrected chi connectivity index (χ3v) is 3.88. The van der Waals surface area contributed by atoms with Gasteiger partial charge < -0.3 is 9.64 Å². The number of fused-ring (bicyclic) bond motifs is 1. The summed E-state index contributed by atoms with van der Waals surface area (Å²) in [7, 11) is 2.87. The Hall–Kier alpha value is -2.51. The van der Waals surface area contributed by atoms with Gasteiger partial charge in [-0.15, -0.1) is 0 Å². The topological polar surface area (TPSA) is 47.4 Å². The van der Waals surface area contributed by atoms with E-state index in [2.05, 4.69) is 5.10 Å². The molecule has 0 unspecified atom stereocenters. The maximum absolute atomic E-state index is 13.0. The predicted octanol–water partition coefficient (Wildman–Crippen LogP) is 2.40. The Kier molecular flexibility index (Phi) is 3.98. The lowest BCUT2D eigenvalue weighted by Gasteiger charge is -2.21. The Labute approximate surface area is 136 Å². The number of hydrogen-bond acceptors (Lipinski definition) is 3. The first-order valence-corrected chi connectivity index (χ1v) is 7.35. The summed E-state index contributed by atoms with van der Waals surface area (Å²) in [5, 5.41) is 3.45. The van der Waals surface area contributed by atoms with E-state index in [0.29, 0.717) is 12.2 Å². The number of aromatic nitrogens is 2. The zero-order valence-electron chi connectivity index (χ0n) is 13.2. The van der Waals surface area contributed by atoms with Crippen LogP contribution >= 0.6 is 0 Å². The maximum atomic E-state index is 13.0. The van der Waals surface area contributed by atoms with Gasteiger partial charge in [-0.2, -0.15) is 18.3 Å². The highest BCUT2D eigenvalue weighted by atomic mass is 19.4. The molecule has 0 bridgehead atoms. The molecule has 1 atom stereocenters. The average molecular weight is 339 g/mol. The van der Waals surface area contributed by atoms with Gasteiger partial charge in [-0.25, -0.2) is 0 Å². The number of para-hydroxylation sites is 1. The van der Waals surface area contributed by atoms with E-state index in [9.17, 15) is 18.0 Å². The lowest BCUT2D eigenvalue weighted by Crippen LogP contribution is -2.38. The fourth-order valence-corrected chi connectivity index (χ4v) is 2.79. The highest BCUT2D eigenvalue weighted by Crippen LogP contribution is 2.32. The van der Waals surface area contributed by atoms with Gasteiger partial charge in [0.1, 0.15) is 5.75 Å². The van der Waals surface area contributed by atoms with Gasteiger partial charge in [-0.1, -0.05) is 18.2 Å². The van der Waals surface area contributed by atoms with Crippen LogP contribution < -0.4 is 4.74 Å². The molecule has 128 valence electrons. The fraction of sp³-hybridized carbons (Fsp3) is 0.375. The monoisotopic (exact) mass is 339 g/mol. The number of ether oxygens (including phenoxy) is 1. The van der Waals surface area contributed by atoms with Crippen molar-refractivity contribution < 1.29 is 22.7 Å². The SMILES string of the molecule is CN(Cc1cn(C)nc1C(F)(F)F)C(=O)[C@@H]1Cc2ccccc2O1. The van der Waals surface area contributed by atoms with E-state index >= 15 is 0 Å². The van der Waals surface area contributed by atoms with Crippen LogP contribution in [0.4, 0.5) is 13.2 Å². The molecule has 24 heavy (non-hydrogen) atoms. The number of hydrogen-bond donors (Lipinski definition) is 0. The molecule has 2 heterocycles. The Morgan fingerprint density at radius 2 is 2.12 bits per heavy atom. The first kappa shape index (κ1) is 16.4. The van der Waals surface area contributed by atoms with E-state index in [4.69, 9.17) is 4.74 Å². The van der Waals surface area contributed by atoms with Crippen LogP contribution in [0.25, 0.3) is 0 Å². The summed E-state index contributed by atoms with van der Waals surface area (Å²) in [6.07, 6.45) is -3.57. The van der Waals surface area contributed by atoms with E-state index in [-0.39, 0.29) is 18.0 Å². The minimum Gasteiger partial charge on any atom is -0.480 e. The van der Waals surface area contributed by atoms with Gasteiger partial charge in [0.2, 0.25) is 0 Å². The number of halogens is 3. The second-order valence-electron chi connectivity index (χ2n) is 5.79. The Morgan fingerprint density at radius 3 is 2.79 bits per heavy atom. The molecule has 1 aromatic carbocycles. The van der Waals surface area contributed by atoms with Gasteiger partial charge in [0.25, 0.3) is 5.91 Å². The molecular weight excluding hydrogens is 323 g/mol. The molecule has 0 saturated carbocycles. The number of likely N-dealkylation sites (N-methyl/N-ethyl adjacent to an activating group) is 1. The van der Waals surface area contributed by atoms with E-state index in [1.807, 2.05) is 12.1 Å². The predicted molar refractivity (Wildman–Crippen MR) is 79.2 cm³/mol. The highest BCUT2D eigenvalue weighted by molar-refractivity contribution is 5.82. The lowest BCUT2D eigenvalue weighted by atomic mass is 10.1. The third kappa shape index (κ3) is 3.08. The zero-order chi connectivity index (χ0) is 17.5. The molecule has 3 rings (SSSR count). The summed E-state index contributed by atoms with van der Waals surface area (Å²) in [5.41, 5.74) is -0.0988. The zero-order valence-corrected chi connectivity index (χ0v) is 13.2. The lowest BCUT2D eigenvalue weighted by molar-refractivity contribution is -0.143. The number of aryl methyl sites for hydroxylation is 1. The van der Waals surface area contributed by atoms with Gasteiger partial charge in [0.15, 0.2) is 11.8 Å². The molecule has 0 spiro atoms. The fourth-order valence-electron chi connectivity index (χ4n) is 2.79. The minimum absolute atomic E-state index is 0.0450. The van der Waals surface area contributed by atoms with Crippen LogP contribution in [0.15, 0.2) is 30.5 Å². The molecule has 0 N–H and O–H groups in total. The largest absolute Gasteiger partial charge is 0.480 e. The highest BCUT2D eigenvalue weighted by Gasteiger charge is 2.38. The molecule has 1 aliphatic rings. The summed E-state index contributed by atoms with van der Waals surface area (Å²) < 4.78 is 45.7. The number of amides is 1. The molecule has 0 aliphatic carbocycles. The molecule has 2 aromatic rings. The molecule has 8 heteroatoms. The normalized spacial score (nSPS) is 16.6. The maximum Gasteiger partial charge on any atom is 0.435 e. The molecule has 0 fully saturated rings. The Morgan fingerprint density at radius 1 is 1.42 bits per heavy atom. The molecular formula is C16H16F3N3O2. The van der Waals surface area contributed by atoms with Crippen LogP contribution in [-0.4, -0.2) is 33.7 Å². The number of rotatable bonds is 3. The molecule has 0 radical (unpaired) electrons. The first-order valence-electron chi connectivity index (χ1n) is 7.35. The second-order valence-corrected chi connectivity index (χ2v) is 5.79. The number of nitrogens with zero attached hydrogens (tertiary/aromatic N) is 3. The van der Waals surface area contributed by atoms with Gasteiger partial charge in [0.05, 0.1) is 0 Å². The van der Waals surface area contributed by atoms with E-state index < -0.39 is 18.0 Å². The van der Waals surface area contributed by atoms with Gasteiger partial charge >= 0.3 is 6.18 Å². The van der Waals surface area contributed by atoms with Crippen LogP contribution in [0.5, 0.6) is 5.75 Å². The summed E-state index contributed by atoms with van der Waals surface area (Å²) in [6.45, 7) is -0.183. The van der Waals surface area contributed by atoms with Crippen LogP contribution in [0.3, 0.4) is 0 Å². The summed E-state index contributed by atoms with van der Waals surface area (Å²) >= 11 is 0. The van der Waals surface area contributed by atoms with Crippen molar-refractivity contribution >= 4 is 5.91 Å². The molecule has 0 saturated heterocycles. The van der Waals surface area contributed by atoms with Crippen molar-refractivity contribution in [3.05, 3.63) is 47.3 Å². The van der Waals surface area contributed by atoms with E-state index in [1.165, 1.54) is 25.2 Å². The summed E-state index contributed by atoms with van der Waals surface area (Å²) in [6, 6.07) is 7.29. The number of carbonyl (C=O) groups excluding carboxylic acids is 1. The van der Waals surface area contributed by atoms with Crippen LogP contribution in [-0.2, 0) is 31.0 Å². The summed E-state index contributed by atoms with van der Waals surface area (Å²) in [4.78, 5) is 13.7. The van der Waals surface area contributed by atoms with Gasteiger partial charge in [0, 0.05) is 38.8 Å². The minimum atomic E-state index is -4.55. The molecule has 1 aromatic heterocycles. The first-order chi connectivity index (χ1) is 11.3. The van der Waals surface area contributed by atoms with Crippen LogP contribution in [0.1, 0.15) is 16.8 Å². The third-order valence-electron chi connectivity index (χ3n) is 3.88. The standard InChI is InChI=1S/C16H16F3N3O2/c1-21(8-11-9-22(2)20-14(11)16(17,18)19)15(23)13-7-10-5-3-4-6-12(10)24-13/h3-6,9,13H,7-8H2,1-2H3/t13-/m0/s1. The number of alkyl halides is 3. The Bertz CT molecular complexity index is 745. The van der Waals surface area contributed by atoms with Crippen molar-refractivity contribution in [2.75, 3.05) is 7.05 Å². The molecule has 1 amide bonds. The number of benzene rings is 1. The average Bonchev–Trinajstić information content (AvgIpc) is 3.09. The van der Waals surface area contributed by atoms with Gasteiger partial charge in [-0.05, 0) is 11.6 Å². The van der Waals surface area contributed by atoms with Crippen LogP contribution in [0, 0.1) is 0 Å². The van der Waals surface area contributed by atoms with Crippen molar-refractivity contribution in [2.24, 2.45) is 7.05 Å². The van der Waals surface area contributed by atoms with Crippen molar-refractivity contribution in [3.8, 4) is 5.75 Å². The molecule has 5 nitrogen and oxygen atoms in total. The summed E-state index contributed by atoms with van der Waals surface area (Å²) in [5.74, 6) is 0.282. The van der Waals surface area contributed by atoms with E-state index in [0.717, 1.165) is 10.2 Å². The molecule has 1 aliphatic heterocycles. The van der Waals surface area contributed by atoms with Crippen molar-refractivity contribution in [3.63, 3.8) is 0 Å². The van der Waals surface area contributed by atoms with Crippen molar-refractivity contribution in [1.29, 1.82) is 0 Å². The van der Waals surface area contributed by atoms with Crippen molar-refractivity contribution in [1.82, 2.24) is 14.7 Å². The smallest absolute Gasteiger partial charge is 0.435 e. The quantitative estimate of drug-likeness (QED) is 0.863. The Balaban J connectivity index is 1.72. The van der Waals surface area contributed by atoms with Crippen molar-refractivity contribution in [2.45, 2.75) is 25.2 Å². The van der Waals surface area contributed by atoms with Crippen LogP contribution in [0.2, 0.25) is 0 Å². The number of carbonyl (C=O) groups is 1.